The van der Waals surface area contributed by atoms with Gasteiger partial charge in [0.2, 0.25) is 5.91 Å². The standard InChI is InChI=1S/C11H11N3O3S/c1-13(7-10(16)17)9(15)3-2-8-6-12-11-14(8)4-5-18-11/h2-6H,7H2,1H3,(H,16,17)/b3-2+. The van der Waals surface area contributed by atoms with E-state index in [1.807, 2.05) is 16.0 Å². The molecule has 0 bridgehead atoms. The van der Waals surface area contributed by atoms with Crippen molar-refractivity contribution in [2.45, 2.75) is 0 Å². The number of carboxylic acid groups (broad SMARTS) is 1. The Balaban J connectivity index is 2.09. The van der Waals surface area contributed by atoms with E-state index in [-0.39, 0.29) is 12.5 Å². The molecule has 0 fully saturated rings. The Morgan fingerprint density at radius 3 is 3.11 bits per heavy atom. The van der Waals surface area contributed by atoms with Gasteiger partial charge in [-0.05, 0) is 6.08 Å². The molecule has 0 saturated heterocycles. The first kappa shape index (κ1) is 12.3. The Labute approximate surface area is 107 Å². The van der Waals surface area contributed by atoms with Gasteiger partial charge in [-0.25, -0.2) is 4.98 Å². The molecule has 94 valence electrons. The molecule has 2 heterocycles. The quantitative estimate of drug-likeness (QED) is 0.835. The number of amides is 1. The van der Waals surface area contributed by atoms with Crippen LogP contribution in [0.4, 0.5) is 0 Å². The van der Waals surface area contributed by atoms with Crippen LogP contribution >= 0.6 is 11.3 Å². The van der Waals surface area contributed by atoms with E-state index < -0.39 is 5.97 Å². The van der Waals surface area contributed by atoms with Gasteiger partial charge in [-0.1, -0.05) is 0 Å². The number of carboxylic acids is 1. The van der Waals surface area contributed by atoms with Gasteiger partial charge in [-0.15, -0.1) is 11.3 Å². The minimum Gasteiger partial charge on any atom is -0.480 e. The monoisotopic (exact) mass is 265 g/mol. The van der Waals surface area contributed by atoms with Gasteiger partial charge < -0.3 is 10.0 Å². The highest BCUT2D eigenvalue weighted by atomic mass is 32.1. The van der Waals surface area contributed by atoms with Crippen molar-refractivity contribution < 1.29 is 14.7 Å². The summed E-state index contributed by atoms with van der Waals surface area (Å²) in [5, 5.41) is 10.5. The molecule has 0 unspecified atom stereocenters. The van der Waals surface area contributed by atoms with Gasteiger partial charge in [0, 0.05) is 24.7 Å². The molecular formula is C11H11N3O3S. The number of aliphatic carboxylic acids is 1. The maximum absolute atomic E-state index is 11.6. The maximum Gasteiger partial charge on any atom is 0.323 e. The predicted molar refractivity (Wildman–Crippen MR) is 67.4 cm³/mol. The molecule has 18 heavy (non-hydrogen) atoms. The van der Waals surface area contributed by atoms with Crippen molar-refractivity contribution >= 4 is 34.3 Å². The fourth-order valence-corrected chi connectivity index (χ4v) is 2.13. The fraction of sp³-hybridized carbons (Fsp3) is 0.182. The maximum atomic E-state index is 11.6. The number of imidazole rings is 1. The minimum atomic E-state index is -1.04. The van der Waals surface area contributed by atoms with E-state index >= 15 is 0 Å². The SMILES string of the molecule is CN(CC(=O)O)C(=O)/C=C/c1cnc2sccn12. The molecule has 2 rings (SSSR count). The first-order chi connectivity index (χ1) is 8.58. The first-order valence-corrected chi connectivity index (χ1v) is 6.01. The van der Waals surface area contributed by atoms with Crippen molar-refractivity contribution in [3.8, 4) is 0 Å². The molecule has 2 aromatic rings. The Kier molecular flexibility index (Phi) is 3.42. The van der Waals surface area contributed by atoms with Gasteiger partial charge >= 0.3 is 5.97 Å². The van der Waals surface area contributed by atoms with Crippen molar-refractivity contribution in [3.63, 3.8) is 0 Å². The average molecular weight is 265 g/mol. The van der Waals surface area contributed by atoms with Crippen LogP contribution in [-0.4, -0.2) is 44.9 Å². The predicted octanol–water partition coefficient (Wildman–Crippen LogP) is 0.952. The number of thiazole rings is 1. The molecule has 0 radical (unpaired) electrons. The second-order valence-corrected chi connectivity index (χ2v) is 4.53. The van der Waals surface area contributed by atoms with Crippen LogP contribution in [0.3, 0.4) is 0 Å². The number of hydrogen-bond donors (Lipinski definition) is 1. The van der Waals surface area contributed by atoms with E-state index in [0.717, 1.165) is 15.6 Å². The number of carbonyl (C=O) groups excluding carboxylic acids is 1. The molecule has 0 aliphatic rings. The van der Waals surface area contributed by atoms with Crippen molar-refractivity contribution in [2.24, 2.45) is 0 Å². The number of fused-ring (bicyclic) bond motifs is 1. The minimum absolute atomic E-state index is 0.316. The van der Waals surface area contributed by atoms with E-state index in [0.29, 0.717) is 0 Å². The molecule has 0 aliphatic heterocycles. The lowest BCUT2D eigenvalue weighted by Crippen LogP contribution is -2.30. The van der Waals surface area contributed by atoms with Gasteiger partial charge in [0.1, 0.15) is 6.54 Å². The Bertz CT molecular complexity index is 614. The molecule has 7 heteroatoms. The second kappa shape index (κ2) is 5.01. The third-order valence-corrected chi connectivity index (χ3v) is 3.09. The fourth-order valence-electron chi connectivity index (χ4n) is 1.43. The highest BCUT2D eigenvalue weighted by Crippen LogP contribution is 2.13. The second-order valence-electron chi connectivity index (χ2n) is 3.66. The summed E-state index contributed by atoms with van der Waals surface area (Å²) in [6, 6.07) is 0. The summed E-state index contributed by atoms with van der Waals surface area (Å²) < 4.78 is 1.85. The molecule has 0 saturated carbocycles. The molecule has 1 N–H and O–H groups in total. The van der Waals surface area contributed by atoms with Crippen molar-refractivity contribution in [1.82, 2.24) is 14.3 Å². The summed E-state index contributed by atoms with van der Waals surface area (Å²) in [7, 11) is 1.44. The highest BCUT2D eigenvalue weighted by molar-refractivity contribution is 7.15. The molecule has 0 aromatic carbocycles. The van der Waals surface area contributed by atoms with Gasteiger partial charge in [0.05, 0.1) is 11.9 Å². The van der Waals surface area contributed by atoms with E-state index in [1.54, 1.807) is 12.3 Å². The summed E-state index contributed by atoms with van der Waals surface area (Å²) in [4.78, 5) is 28.2. The number of hydrogen-bond acceptors (Lipinski definition) is 4. The zero-order valence-corrected chi connectivity index (χ0v) is 10.4. The number of nitrogens with zero attached hydrogens (tertiary/aromatic N) is 3. The van der Waals surface area contributed by atoms with Crippen LogP contribution in [-0.2, 0) is 9.59 Å². The van der Waals surface area contributed by atoms with Crippen LogP contribution in [0.15, 0.2) is 23.8 Å². The molecule has 6 nitrogen and oxygen atoms in total. The van der Waals surface area contributed by atoms with Crippen molar-refractivity contribution in [1.29, 1.82) is 0 Å². The van der Waals surface area contributed by atoms with Crippen LogP contribution < -0.4 is 0 Å². The third-order valence-electron chi connectivity index (χ3n) is 2.32. The summed E-state index contributed by atoms with van der Waals surface area (Å²) in [5.74, 6) is -1.40. The van der Waals surface area contributed by atoms with Gasteiger partial charge in [0.25, 0.3) is 0 Å². The zero-order chi connectivity index (χ0) is 13.1. The Morgan fingerprint density at radius 2 is 2.39 bits per heavy atom. The number of aromatic nitrogens is 2. The van der Waals surface area contributed by atoms with Gasteiger partial charge in [0.15, 0.2) is 4.96 Å². The molecule has 0 aliphatic carbocycles. The molecule has 0 spiro atoms. The van der Waals surface area contributed by atoms with E-state index in [9.17, 15) is 9.59 Å². The van der Waals surface area contributed by atoms with E-state index in [1.165, 1.54) is 24.5 Å². The van der Waals surface area contributed by atoms with Crippen LogP contribution in [0.25, 0.3) is 11.0 Å². The largest absolute Gasteiger partial charge is 0.480 e. The Hall–Kier alpha value is -2.15. The average Bonchev–Trinajstić information content (AvgIpc) is 2.87. The normalized spacial score (nSPS) is 11.2. The lowest BCUT2D eigenvalue weighted by molar-refractivity contribution is -0.141. The number of likely N-dealkylation sites (N-methyl/N-ethyl adjacent to an activating group) is 1. The summed E-state index contributed by atoms with van der Waals surface area (Å²) in [6.45, 7) is -0.316. The first-order valence-electron chi connectivity index (χ1n) is 5.13. The molecule has 2 aromatic heterocycles. The molecular weight excluding hydrogens is 254 g/mol. The van der Waals surface area contributed by atoms with Crippen LogP contribution in [0.5, 0.6) is 0 Å². The highest BCUT2D eigenvalue weighted by Gasteiger charge is 2.09. The number of carbonyl (C=O) groups is 2. The van der Waals surface area contributed by atoms with Gasteiger partial charge in [-0.3, -0.25) is 14.0 Å². The summed E-state index contributed by atoms with van der Waals surface area (Å²) >= 11 is 1.50. The molecule has 1 amide bonds. The Morgan fingerprint density at radius 1 is 1.61 bits per heavy atom. The summed E-state index contributed by atoms with van der Waals surface area (Å²) in [5.41, 5.74) is 0.781. The topological polar surface area (TPSA) is 74.9 Å². The van der Waals surface area contributed by atoms with E-state index in [4.69, 9.17) is 5.11 Å². The lowest BCUT2D eigenvalue weighted by atomic mass is 10.3. The van der Waals surface area contributed by atoms with Crippen molar-refractivity contribution in [3.05, 3.63) is 29.5 Å². The van der Waals surface area contributed by atoms with Crippen LogP contribution in [0.2, 0.25) is 0 Å². The van der Waals surface area contributed by atoms with Crippen molar-refractivity contribution in [2.75, 3.05) is 13.6 Å². The van der Waals surface area contributed by atoms with Gasteiger partial charge in [-0.2, -0.15) is 0 Å². The van der Waals surface area contributed by atoms with E-state index in [2.05, 4.69) is 4.98 Å². The third kappa shape index (κ3) is 2.57. The smallest absolute Gasteiger partial charge is 0.323 e. The van der Waals surface area contributed by atoms with Crippen LogP contribution in [0, 0.1) is 0 Å². The number of rotatable bonds is 4. The lowest BCUT2D eigenvalue weighted by Gasteiger charge is -2.10. The van der Waals surface area contributed by atoms with Crippen LogP contribution in [0.1, 0.15) is 5.69 Å². The molecule has 0 atom stereocenters. The summed E-state index contributed by atoms with van der Waals surface area (Å²) in [6.07, 6.45) is 6.47. The zero-order valence-electron chi connectivity index (χ0n) is 9.61.